The molecule has 28 heavy (non-hydrogen) atoms. The number of hydrogen-bond donors (Lipinski definition) is 1. The minimum atomic E-state index is -3.64. The molecule has 2 fully saturated rings. The molecular weight excluding hydrogens is 400 g/mol. The van der Waals surface area contributed by atoms with Crippen LogP contribution >= 0.6 is 11.6 Å². The Balaban J connectivity index is 1.64. The van der Waals surface area contributed by atoms with Gasteiger partial charge >= 0.3 is 0 Å². The number of nitrogens with one attached hydrogen (secondary N) is 1. The average Bonchev–Trinajstić information content (AvgIpc) is 2.70. The zero-order valence-electron chi connectivity index (χ0n) is 16.5. The third-order valence-corrected chi connectivity index (χ3v) is 8.36. The first-order valence-electron chi connectivity index (χ1n) is 9.91. The molecule has 1 saturated heterocycles. The van der Waals surface area contributed by atoms with E-state index in [9.17, 15) is 13.2 Å². The number of methoxy groups -OCH3 is 1. The Bertz CT molecular complexity index is 806. The molecule has 1 heterocycles. The molecule has 1 N–H and O–H groups in total. The van der Waals surface area contributed by atoms with Crippen LogP contribution in [0.3, 0.4) is 0 Å². The topological polar surface area (TPSA) is 75.7 Å². The normalized spacial score (nSPS) is 26.8. The average molecular weight is 429 g/mol. The van der Waals surface area contributed by atoms with Crippen LogP contribution in [0.25, 0.3) is 0 Å². The van der Waals surface area contributed by atoms with E-state index in [-0.39, 0.29) is 28.9 Å². The fraction of sp³-hybridized carbons (Fsp3) is 0.650. The summed E-state index contributed by atoms with van der Waals surface area (Å²) in [6, 6.07) is 4.78. The van der Waals surface area contributed by atoms with Crippen molar-refractivity contribution in [3.05, 3.63) is 28.8 Å². The fourth-order valence-corrected chi connectivity index (χ4v) is 6.17. The lowest BCUT2D eigenvalue weighted by atomic mass is 9.86. The monoisotopic (exact) mass is 428 g/mol. The molecule has 1 atom stereocenters. The van der Waals surface area contributed by atoms with Gasteiger partial charge in [0, 0.05) is 37.2 Å². The summed E-state index contributed by atoms with van der Waals surface area (Å²) in [6.45, 7) is 2.47. The van der Waals surface area contributed by atoms with Gasteiger partial charge in [0.1, 0.15) is 0 Å². The molecule has 0 radical (unpaired) electrons. The number of carbonyl (C=O) groups excluding carboxylic acids is 1. The molecule has 6 nitrogen and oxygen atoms in total. The summed E-state index contributed by atoms with van der Waals surface area (Å²) in [5, 5.41) is 3.53. The summed E-state index contributed by atoms with van der Waals surface area (Å²) in [4.78, 5) is 12.9. The number of rotatable bonds is 5. The molecule has 2 aliphatic rings. The highest BCUT2D eigenvalue weighted by Gasteiger charge is 2.33. The number of carbonyl (C=O) groups is 1. The number of ether oxygens (including phenoxy) is 1. The summed E-state index contributed by atoms with van der Waals surface area (Å²) in [5.41, 5.74) is 0.560. The zero-order valence-corrected chi connectivity index (χ0v) is 18.1. The summed E-state index contributed by atoms with van der Waals surface area (Å²) < 4.78 is 33.0. The smallest absolute Gasteiger partial charge is 0.243 e. The van der Waals surface area contributed by atoms with Crippen molar-refractivity contribution < 1.29 is 17.9 Å². The summed E-state index contributed by atoms with van der Waals surface area (Å²) >= 11 is 6.11. The number of hydrogen-bond acceptors (Lipinski definition) is 4. The predicted octanol–water partition coefficient (Wildman–Crippen LogP) is 3.12. The van der Waals surface area contributed by atoms with Crippen molar-refractivity contribution in [3.63, 3.8) is 0 Å². The highest BCUT2D eigenvalue weighted by molar-refractivity contribution is 7.89. The third-order valence-electron chi connectivity index (χ3n) is 5.94. The third kappa shape index (κ3) is 4.70. The van der Waals surface area contributed by atoms with Gasteiger partial charge < -0.3 is 10.1 Å². The van der Waals surface area contributed by atoms with Crippen LogP contribution in [0.1, 0.15) is 44.1 Å². The Labute approximate surface area is 172 Å². The summed E-state index contributed by atoms with van der Waals surface area (Å²) in [7, 11) is -1.93. The fourth-order valence-electron chi connectivity index (χ4n) is 4.16. The van der Waals surface area contributed by atoms with Gasteiger partial charge in [0.15, 0.2) is 0 Å². The summed E-state index contributed by atoms with van der Waals surface area (Å²) in [6.07, 6.45) is 5.20. The Morgan fingerprint density at radius 1 is 1.21 bits per heavy atom. The highest BCUT2D eigenvalue weighted by Crippen LogP contribution is 2.29. The van der Waals surface area contributed by atoms with Crippen LogP contribution in [0, 0.1) is 12.8 Å². The minimum absolute atomic E-state index is 0.00596. The van der Waals surface area contributed by atoms with Crippen molar-refractivity contribution in [1.29, 1.82) is 0 Å². The lowest BCUT2D eigenvalue weighted by Gasteiger charge is -2.34. The molecule has 1 amide bonds. The molecule has 0 spiro atoms. The number of piperidine rings is 1. The summed E-state index contributed by atoms with van der Waals surface area (Å²) in [5.74, 6) is 0.0336. The van der Waals surface area contributed by atoms with Gasteiger partial charge in [-0.1, -0.05) is 17.7 Å². The SMILES string of the molecule is CO[C@H]1CC[C@H](C(=O)N[C@H]2CCCN(S(=O)(=O)c3cccc(Cl)c3C)C2)CC1. The van der Waals surface area contributed by atoms with Crippen LogP contribution in [0.15, 0.2) is 23.1 Å². The van der Waals surface area contributed by atoms with Gasteiger partial charge in [0.05, 0.1) is 11.0 Å². The van der Waals surface area contributed by atoms with Crippen molar-refractivity contribution >= 4 is 27.5 Å². The number of benzene rings is 1. The Morgan fingerprint density at radius 2 is 1.93 bits per heavy atom. The van der Waals surface area contributed by atoms with E-state index in [4.69, 9.17) is 16.3 Å². The molecule has 1 aliphatic heterocycles. The largest absolute Gasteiger partial charge is 0.381 e. The molecule has 156 valence electrons. The lowest BCUT2D eigenvalue weighted by molar-refractivity contribution is -0.127. The molecule has 1 aromatic rings. The van der Waals surface area contributed by atoms with E-state index in [1.54, 1.807) is 32.2 Å². The van der Waals surface area contributed by atoms with Crippen molar-refractivity contribution in [3.8, 4) is 0 Å². The second kappa shape index (κ2) is 9.11. The van der Waals surface area contributed by atoms with E-state index in [1.165, 1.54) is 4.31 Å². The van der Waals surface area contributed by atoms with Gasteiger partial charge in [-0.15, -0.1) is 0 Å². The first kappa shape index (κ1) is 21.6. The van der Waals surface area contributed by atoms with Crippen molar-refractivity contribution in [2.24, 2.45) is 5.92 Å². The molecule has 0 bridgehead atoms. The maximum atomic E-state index is 13.1. The predicted molar refractivity (Wildman–Crippen MR) is 109 cm³/mol. The molecule has 1 saturated carbocycles. The van der Waals surface area contributed by atoms with Gasteiger partial charge in [-0.05, 0) is 63.1 Å². The van der Waals surface area contributed by atoms with Gasteiger partial charge in [-0.25, -0.2) is 8.42 Å². The molecule has 1 aromatic carbocycles. The molecular formula is C20H29ClN2O4S. The van der Waals surface area contributed by atoms with Gasteiger partial charge in [0.2, 0.25) is 15.9 Å². The Kier molecular flexibility index (Phi) is 7.02. The van der Waals surface area contributed by atoms with Crippen LogP contribution in [-0.2, 0) is 19.6 Å². The van der Waals surface area contributed by atoms with Crippen LogP contribution < -0.4 is 5.32 Å². The second-order valence-corrected chi connectivity index (χ2v) is 10.1. The van der Waals surface area contributed by atoms with Crippen LogP contribution in [-0.4, -0.2) is 51.0 Å². The van der Waals surface area contributed by atoms with Crippen LogP contribution in [0.4, 0.5) is 0 Å². The molecule has 0 aromatic heterocycles. The molecule has 0 unspecified atom stereocenters. The second-order valence-electron chi connectivity index (χ2n) is 7.78. The Morgan fingerprint density at radius 3 is 2.61 bits per heavy atom. The van der Waals surface area contributed by atoms with Crippen LogP contribution in [0.5, 0.6) is 0 Å². The maximum Gasteiger partial charge on any atom is 0.243 e. The minimum Gasteiger partial charge on any atom is -0.381 e. The van der Waals surface area contributed by atoms with E-state index in [0.29, 0.717) is 23.7 Å². The van der Waals surface area contributed by atoms with Gasteiger partial charge in [0.25, 0.3) is 0 Å². The quantitative estimate of drug-likeness (QED) is 0.781. The number of amides is 1. The van der Waals surface area contributed by atoms with Crippen molar-refractivity contribution in [2.75, 3.05) is 20.2 Å². The number of nitrogens with zero attached hydrogens (tertiary/aromatic N) is 1. The molecule has 1 aliphatic carbocycles. The van der Waals surface area contributed by atoms with E-state index < -0.39 is 10.0 Å². The molecule has 3 rings (SSSR count). The standard InChI is InChI=1S/C20H29ClN2O4S/c1-14-18(21)6-3-7-19(14)28(25,26)23-12-4-5-16(13-23)22-20(24)15-8-10-17(27-2)11-9-15/h3,6-7,15-17H,4-5,8-13H2,1-2H3,(H,22,24)/t15-,16-,17-/m0/s1. The highest BCUT2D eigenvalue weighted by atomic mass is 35.5. The first-order valence-corrected chi connectivity index (χ1v) is 11.7. The Hall–Kier alpha value is -1.15. The number of halogens is 1. The zero-order chi connectivity index (χ0) is 20.3. The number of sulfonamides is 1. The van der Waals surface area contributed by atoms with Crippen molar-refractivity contribution in [2.45, 2.75) is 62.5 Å². The maximum absolute atomic E-state index is 13.1. The van der Waals surface area contributed by atoms with Crippen molar-refractivity contribution in [1.82, 2.24) is 9.62 Å². The lowest BCUT2D eigenvalue weighted by Crippen LogP contribution is -2.51. The van der Waals surface area contributed by atoms with Gasteiger partial charge in [-0.3, -0.25) is 4.79 Å². The van der Waals surface area contributed by atoms with E-state index >= 15 is 0 Å². The van der Waals surface area contributed by atoms with E-state index in [1.807, 2.05) is 0 Å². The van der Waals surface area contributed by atoms with Crippen LogP contribution in [0.2, 0.25) is 5.02 Å². The van der Waals surface area contributed by atoms with Gasteiger partial charge in [-0.2, -0.15) is 4.31 Å². The molecule has 8 heteroatoms. The van der Waals surface area contributed by atoms with E-state index in [2.05, 4.69) is 5.32 Å². The first-order chi connectivity index (χ1) is 13.3. The van der Waals surface area contributed by atoms with E-state index in [0.717, 1.165) is 38.5 Å².